The molecule has 0 atom stereocenters. The molecule has 0 unspecified atom stereocenters. The average Bonchev–Trinajstić information content (AvgIpc) is 3.02. The average molecular weight is 372 g/mol. The fourth-order valence-corrected chi connectivity index (χ4v) is 3.27. The highest BCUT2D eigenvalue weighted by Crippen LogP contribution is 2.25. The fourth-order valence-electron chi connectivity index (χ4n) is 3.27. The molecular weight excluding hydrogens is 352 g/mol. The van der Waals surface area contributed by atoms with Gasteiger partial charge in [-0.15, -0.1) is 0 Å². The Kier molecular flexibility index (Phi) is 4.49. The second-order valence-corrected chi connectivity index (χ2v) is 6.57. The molecular formula is C21H20N6O. The summed E-state index contributed by atoms with van der Waals surface area (Å²) in [6, 6.07) is 17.4. The van der Waals surface area contributed by atoms with Crippen molar-refractivity contribution in [1.29, 1.82) is 0 Å². The van der Waals surface area contributed by atoms with Crippen LogP contribution >= 0.6 is 0 Å². The molecule has 1 amide bonds. The number of carbonyl (C=O) groups is 1. The fraction of sp³-hybridized carbons (Fsp3) is 0.143. The lowest BCUT2D eigenvalue weighted by molar-refractivity contribution is 0.100. The molecule has 140 valence electrons. The smallest absolute Gasteiger partial charge is 0.249 e. The topological polar surface area (TPSA) is 98.7 Å². The summed E-state index contributed by atoms with van der Waals surface area (Å²) in [7, 11) is 0. The van der Waals surface area contributed by atoms with Crippen molar-refractivity contribution in [2.45, 2.75) is 20.4 Å². The van der Waals surface area contributed by atoms with Crippen molar-refractivity contribution in [2.75, 3.05) is 5.32 Å². The Hall–Kier alpha value is -3.74. The molecule has 0 fully saturated rings. The highest BCUT2D eigenvalue weighted by atomic mass is 16.1. The molecule has 0 aliphatic heterocycles. The molecule has 0 saturated heterocycles. The van der Waals surface area contributed by atoms with Crippen LogP contribution in [0.5, 0.6) is 0 Å². The highest BCUT2D eigenvalue weighted by Gasteiger charge is 2.16. The van der Waals surface area contributed by atoms with E-state index >= 15 is 0 Å². The maximum Gasteiger partial charge on any atom is 0.249 e. The Bertz CT molecular complexity index is 1170. The second-order valence-electron chi connectivity index (χ2n) is 6.57. The van der Waals surface area contributed by atoms with Gasteiger partial charge >= 0.3 is 0 Å². The van der Waals surface area contributed by atoms with Crippen molar-refractivity contribution in [3.63, 3.8) is 0 Å². The van der Waals surface area contributed by atoms with Gasteiger partial charge < -0.3 is 11.1 Å². The summed E-state index contributed by atoms with van der Waals surface area (Å²) < 4.78 is 1.91. The number of rotatable bonds is 5. The van der Waals surface area contributed by atoms with Gasteiger partial charge in [0.1, 0.15) is 5.82 Å². The number of nitrogens with one attached hydrogen (secondary N) is 1. The Balaban J connectivity index is 1.75. The summed E-state index contributed by atoms with van der Waals surface area (Å²) >= 11 is 0. The molecule has 4 rings (SSSR count). The zero-order chi connectivity index (χ0) is 19.7. The summed E-state index contributed by atoms with van der Waals surface area (Å²) in [5, 5.41) is 4.03. The lowest BCUT2D eigenvalue weighted by atomic mass is 10.1. The number of nitrogens with zero attached hydrogens (tertiary/aromatic N) is 4. The van der Waals surface area contributed by atoms with Crippen LogP contribution in [0.25, 0.3) is 16.9 Å². The molecule has 0 saturated carbocycles. The number of nitrogens with two attached hydrogens (primary N) is 1. The highest BCUT2D eigenvalue weighted by molar-refractivity contribution is 6.06. The van der Waals surface area contributed by atoms with E-state index in [1.54, 1.807) is 12.1 Å². The van der Waals surface area contributed by atoms with E-state index in [2.05, 4.69) is 20.3 Å². The van der Waals surface area contributed by atoms with Crippen molar-refractivity contribution in [1.82, 2.24) is 19.5 Å². The van der Waals surface area contributed by atoms with Crippen LogP contribution in [0.15, 0.2) is 54.6 Å². The normalized spacial score (nSPS) is 10.9. The summed E-state index contributed by atoms with van der Waals surface area (Å²) in [4.78, 5) is 25.2. The molecule has 0 bridgehead atoms. The van der Waals surface area contributed by atoms with Crippen molar-refractivity contribution in [3.05, 3.63) is 77.2 Å². The third kappa shape index (κ3) is 3.29. The van der Waals surface area contributed by atoms with E-state index in [4.69, 9.17) is 5.73 Å². The van der Waals surface area contributed by atoms with Gasteiger partial charge in [-0.25, -0.2) is 0 Å². The summed E-state index contributed by atoms with van der Waals surface area (Å²) in [6.45, 7) is 4.39. The van der Waals surface area contributed by atoms with Crippen molar-refractivity contribution in [2.24, 2.45) is 5.73 Å². The molecule has 3 N–H and O–H groups in total. The van der Waals surface area contributed by atoms with Gasteiger partial charge in [0.25, 0.3) is 0 Å². The van der Waals surface area contributed by atoms with Crippen LogP contribution in [0, 0.1) is 13.8 Å². The number of primary amides is 1. The Morgan fingerprint density at radius 1 is 1.04 bits per heavy atom. The quantitative estimate of drug-likeness (QED) is 0.561. The largest absolute Gasteiger partial charge is 0.366 e. The summed E-state index contributed by atoms with van der Waals surface area (Å²) in [5.41, 5.74) is 8.87. The van der Waals surface area contributed by atoms with E-state index < -0.39 is 5.91 Å². The number of hydrogen-bond acceptors (Lipinski definition) is 5. The van der Waals surface area contributed by atoms with Gasteiger partial charge in [0.05, 0.1) is 5.52 Å². The summed E-state index contributed by atoms with van der Waals surface area (Å²) in [5.74, 6) is 1.14. The van der Waals surface area contributed by atoms with Crippen LogP contribution in [0.3, 0.4) is 0 Å². The molecule has 2 heterocycles. The predicted octanol–water partition coefficient (Wildman–Crippen LogP) is 3.14. The number of amides is 1. The van der Waals surface area contributed by atoms with Gasteiger partial charge in [-0.05, 0) is 37.6 Å². The lowest BCUT2D eigenvalue weighted by Crippen LogP contribution is -2.12. The number of fused-ring (bicyclic) bond motifs is 1. The molecule has 28 heavy (non-hydrogen) atoms. The lowest BCUT2D eigenvalue weighted by Gasteiger charge is -2.10. The van der Waals surface area contributed by atoms with E-state index in [-0.39, 0.29) is 0 Å². The Morgan fingerprint density at radius 2 is 1.82 bits per heavy atom. The zero-order valence-corrected chi connectivity index (χ0v) is 15.7. The van der Waals surface area contributed by atoms with E-state index in [9.17, 15) is 4.79 Å². The summed E-state index contributed by atoms with van der Waals surface area (Å²) in [6.07, 6.45) is 0. The van der Waals surface area contributed by atoms with Crippen LogP contribution in [-0.2, 0) is 6.54 Å². The molecule has 7 nitrogen and oxygen atoms in total. The minimum absolute atomic E-state index is 0.459. The number of carbonyl (C=O) groups excluding carboxylic acids is 1. The van der Waals surface area contributed by atoms with E-state index in [1.165, 1.54) is 0 Å². The number of benzene rings is 2. The Morgan fingerprint density at radius 3 is 2.57 bits per heavy atom. The first-order valence-electron chi connectivity index (χ1n) is 8.94. The maximum atomic E-state index is 11.8. The monoisotopic (exact) mass is 372 g/mol. The molecule has 2 aromatic carbocycles. The predicted molar refractivity (Wildman–Crippen MR) is 108 cm³/mol. The van der Waals surface area contributed by atoms with Gasteiger partial charge in [-0.2, -0.15) is 15.0 Å². The minimum atomic E-state index is -0.459. The minimum Gasteiger partial charge on any atom is -0.366 e. The Labute approximate surface area is 162 Å². The van der Waals surface area contributed by atoms with Crippen LogP contribution < -0.4 is 11.1 Å². The van der Waals surface area contributed by atoms with Crippen LogP contribution in [0.2, 0.25) is 0 Å². The molecule has 0 spiro atoms. The SMILES string of the molecule is Cc1nc(NCc2ccccc2)nc(-n2c(C)cc3c(C(N)=O)cccc32)n1. The second kappa shape index (κ2) is 7.11. The molecule has 7 heteroatoms. The van der Waals surface area contributed by atoms with E-state index in [0.717, 1.165) is 22.2 Å². The van der Waals surface area contributed by atoms with Crippen molar-refractivity contribution >= 4 is 22.8 Å². The first-order valence-corrected chi connectivity index (χ1v) is 8.94. The zero-order valence-electron chi connectivity index (χ0n) is 15.7. The first kappa shape index (κ1) is 17.7. The van der Waals surface area contributed by atoms with Crippen molar-refractivity contribution in [3.8, 4) is 5.95 Å². The third-order valence-corrected chi connectivity index (χ3v) is 4.52. The molecule has 0 aliphatic rings. The molecule has 0 radical (unpaired) electrons. The van der Waals surface area contributed by atoms with E-state index in [0.29, 0.717) is 29.8 Å². The number of hydrogen-bond donors (Lipinski definition) is 2. The van der Waals surface area contributed by atoms with Gasteiger partial charge in [-0.1, -0.05) is 36.4 Å². The van der Waals surface area contributed by atoms with Crippen LogP contribution in [0.1, 0.15) is 27.4 Å². The standard InChI is InChI=1S/C21H20N6O/c1-13-11-17-16(19(22)28)9-6-10-18(17)27(13)21-25-14(2)24-20(26-21)23-12-15-7-4-3-5-8-15/h3-11H,12H2,1-2H3,(H2,22,28)(H,23,24,25,26). The van der Waals surface area contributed by atoms with Crippen molar-refractivity contribution < 1.29 is 4.79 Å². The maximum absolute atomic E-state index is 11.8. The van der Waals surface area contributed by atoms with Crippen LogP contribution in [-0.4, -0.2) is 25.4 Å². The van der Waals surface area contributed by atoms with E-state index in [1.807, 2.05) is 60.9 Å². The van der Waals surface area contributed by atoms with Gasteiger partial charge in [-0.3, -0.25) is 9.36 Å². The number of aromatic nitrogens is 4. The molecule has 0 aliphatic carbocycles. The number of aryl methyl sites for hydroxylation is 2. The molecule has 4 aromatic rings. The first-order chi connectivity index (χ1) is 13.5. The van der Waals surface area contributed by atoms with Gasteiger partial charge in [0, 0.05) is 23.2 Å². The number of anilines is 1. The van der Waals surface area contributed by atoms with Crippen LogP contribution in [0.4, 0.5) is 5.95 Å². The third-order valence-electron chi connectivity index (χ3n) is 4.52. The van der Waals surface area contributed by atoms with Gasteiger partial charge in [0.15, 0.2) is 0 Å². The molecule has 2 aromatic heterocycles. The van der Waals surface area contributed by atoms with Gasteiger partial charge in [0.2, 0.25) is 17.8 Å².